The summed E-state index contributed by atoms with van der Waals surface area (Å²) < 4.78 is 5.51. The van der Waals surface area contributed by atoms with Gasteiger partial charge in [0.15, 0.2) is 0 Å². The van der Waals surface area contributed by atoms with Crippen molar-refractivity contribution < 1.29 is 9.53 Å². The molecule has 0 saturated heterocycles. The third-order valence-electron chi connectivity index (χ3n) is 5.08. The van der Waals surface area contributed by atoms with Gasteiger partial charge in [-0.05, 0) is 86.0 Å². The molecule has 3 aromatic rings. The molecule has 0 N–H and O–H groups in total. The van der Waals surface area contributed by atoms with Crippen LogP contribution in [-0.2, 0) is 6.42 Å². The molecular weight excluding hydrogens is 392 g/mol. The Hall–Kier alpha value is -3.75. The van der Waals surface area contributed by atoms with E-state index in [1.54, 1.807) is 12.1 Å². The van der Waals surface area contributed by atoms with Gasteiger partial charge in [-0.25, -0.2) is 4.79 Å². The standard InChI is InChI=1S/C30H28O2/c1-3-5-6-7-9-25-16-20-28(21-17-25)30(31)32-29-22-18-27(19-23-29)15-14-26-12-10-24(8-4-2)11-13-26/h10-13,16-23H,3,5-7,9H2,1-2H3. The lowest BCUT2D eigenvalue weighted by molar-refractivity contribution is 0.0734. The van der Waals surface area contributed by atoms with Gasteiger partial charge >= 0.3 is 5.97 Å². The molecule has 0 fully saturated rings. The summed E-state index contributed by atoms with van der Waals surface area (Å²) in [6.07, 6.45) is 6.00. The van der Waals surface area contributed by atoms with E-state index in [4.69, 9.17) is 4.74 Å². The molecule has 160 valence electrons. The SMILES string of the molecule is CC#Cc1ccc(C#Cc2ccc(OC(=O)c3ccc(CCCCCC)cc3)cc2)cc1. The minimum atomic E-state index is -0.350. The van der Waals surface area contributed by atoms with Gasteiger partial charge in [0.05, 0.1) is 5.56 Å². The molecule has 3 aromatic carbocycles. The summed E-state index contributed by atoms with van der Waals surface area (Å²) in [5, 5.41) is 0. The minimum Gasteiger partial charge on any atom is -0.423 e. The minimum absolute atomic E-state index is 0.350. The van der Waals surface area contributed by atoms with E-state index in [0.717, 1.165) is 23.1 Å². The van der Waals surface area contributed by atoms with Crippen LogP contribution in [0.4, 0.5) is 0 Å². The van der Waals surface area contributed by atoms with E-state index in [9.17, 15) is 4.79 Å². The predicted molar refractivity (Wildman–Crippen MR) is 131 cm³/mol. The van der Waals surface area contributed by atoms with Crippen LogP contribution in [-0.4, -0.2) is 5.97 Å². The maximum atomic E-state index is 12.4. The number of unbranched alkanes of at least 4 members (excludes halogenated alkanes) is 3. The molecule has 2 heteroatoms. The van der Waals surface area contributed by atoms with E-state index >= 15 is 0 Å². The molecule has 0 atom stereocenters. The van der Waals surface area contributed by atoms with Crippen molar-refractivity contribution in [1.29, 1.82) is 0 Å². The Morgan fingerprint density at radius 1 is 0.719 bits per heavy atom. The molecular formula is C30H28O2. The highest BCUT2D eigenvalue weighted by molar-refractivity contribution is 5.91. The monoisotopic (exact) mass is 420 g/mol. The Labute approximate surface area is 191 Å². The van der Waals surface area contributed by atoms with Crippen LogP contribution in [0, 0.1) is 23.7 Å². The highest BCUT2D eigenvalue weighted by Crippen LogP contribution is 2.15. The van der Waals surface area contributed by atoms with E-state index in [1.165, 1.54) is 31.2 Å². The summed E-state index contributed by atoms with van der Waals surface area (Å²) in [5.41, 5.74) is 4.58. The highest BCUT2D eigenvalue weighted by atomic mass is 16.5. The number of aryl methyl sites for hydroxylation is 1. The predicted octanol–water partition coefficient (Wildman–Crippen LogP) is 6.80. The fourth-order valence-electron chi connectivity index (χ4n) is 3.26. The van der Waals surface area contributed by atoms with E-state index < -0.39 is 0 Å². The van der Waals surface area contributed by atoms with Crippen molar-refractivity contribution in [3.63, 3.8) is 0 Å². The molecule has 0 radical (unpaired) electrons. The van der Waals surface area contributed by atoms with Gasteiger partial charge in [0.2, 0.25) is 0 Å². The fourth-order valence-corrected chi connectivity index (χ4v) is 3.26. The molecule has 0 aromatic heterocycles. The van der Waals surface area contributed by atoms with Crippen LogP contribution >= 0.6 is 0 Å². The van der Waals surface area contributed by atoms with Gasteiger partial charge in [-0.2, -0.15) is 0 Å². The topological polar surface area (TPSA) is 26.3 Å². The second-order valence-corrected chi connectivity index (χ2v) is 7.62. The van der Waals surface area contributed by atoms with Crippen molar-refractivity contribution in [2.45, 2.75) is 46.0 Å². The Morgan fingerprint density at radius 2 is 1.28 bits per heavy atom. The third kappa shape index (κ3) is 7.19. The van der Waals surface area contributed by atoms with Crippen molar-refractivity contribution in [2.75, 3.05) is 0 Å². The highest BCUT2D eigenvalue weighted by Gasteiger charge is 2.08. The normalized spacial score (nSPS) is 9.81. The van der Waals surface area contributed by atoms with E-state index in [-0.39, 0.29) is 5.97 Å². The maximum Gasteiger partial charge on any atom is 0.343 e. The molecule has 0 saturated carbocycles. The first kappa shape index (κ1) is 22.9. The zero-order chi connectivity index (χ0) is 22.6. The zero-order valence-electron chi connectivity index (χ0n) is 18.8. The molecule has 0 aliphatic carbocycles. The number of ether oxygens (including phenoxy) is 1. The Morgan fingerprint density at radius 3 is 1.84 bits per heavy atom. The summed E-state index contributed by atoms with van der Waals surface area (Å²) in [5.74, 6) is 12.3. The van der Waals surface area contributed by atoms with Crippen LogP contribution in [0.5, 0.6) is 5.75 Å². The van der Waals surface area contributed by atoms with Gasteiger partial charge in [-0.3, -0.25) is 0 Å². The second kappa shape index (κ2) is 12.2. The van der Waals surface area contributed by atoms with Crippen LogP contribution in [0.15, 0.2) is 72.8 Å². The molecule has 0 bridgehead atoms. The summed E-state index contributed by atoms with van der Waals surface area (Å²) in [7, 11) is 0. The number of hydrogen-bond donors (Lipinski definition) is 0. The zero-order valence-corrected chi connectivity index (χ0v) is 18.8. The summed E-state index contributed by atoms with van der Waals surface area (Å²) in [6, 6.07) is 22.8. The van der Waals surface area contributed by atoms with Gasteiger partial charge < -0.3 is 4.74 Å². The molecule has 0 aliphatic rings. The van der Waals surface area contributed by atoms with Crippen molar-refractivity contribution in [2.24, 2.45) is 0 Å². The van der Waals surface area contributed by atoms with Gasteiger partial charge in [0.25, 0.3) is 0 Å². The molecule has 0 heterocycles. The van der Waals surface area contributed by atoms with Crippen molar-refractivity contribution in [3.05, 3.63) is 101 Å². The summed E-state index contributed by atoms with van der Waals surface area (Å²) in [6.45, 7) is 4.03. The lowest BCUT2D eigenvalue weighted by Gasteiger charge is -2.06. The molecule has 3 rings (SSSR count). The van der Waals surface area contributed by atoms with Crippen LogP contribution in [0.2, 0.25) is 0 Å². The van der Waals surface area contributed by atoms with Gasteiger partial charge in [-0.15, -0.1) is 5.92 Å². The maximum absolute atomic E-state index is 12.4. The van der Waals surface area contributed by atoms with Gasteiger partial charge in [0, 0.05) is 16.7 Å². The van der Waals surface area contributed by atoms with Crippen molar-refractivity contribution in [1.82, 2.24) is 0 Å². The van der Waals surface area contributed by atoms with Gasteiger partial charge in [-0.1, -0.05) is 56.1 Å². The molecule has 32 heavy (non-hydrogen) atoms. The Kier molecular flexibility index (Phi) is 8.73. The van der Waals surface area contributed by atoms with Crippen molar-refractivity contribution >= 4 is 5.97 Å². The number of carbonyl (C=O) groups is 1. The molecule has 0 amide bonds. The third-order valence-corrected chi connectivity index (χ3v) is 5.08. The fraction of sp³-hybridized carbons (Fsp3) is 0.233. The average Bonchev–Trinajstić information content (AvgIpc) is 2.83. The van der Waals surface area contributed by atoms with Gasteiger partial charge in [0.1, 0.15) is 5.75 Å². The number of hydrogen-bond acceptors (Lipinski definition) is 2. The quantitative estimate of drug-likeness (QED) is 0.182. The second-order valence-electron chi connectivity index (χ2n) is 7.62. The van der Waals surface area contributed by atoms with Crippen LogP contribution in [0.3, 0.4) is 0 Å². The van der Waals surface area contributed by atoms with E-state index in [1.807, 2.05) is 67.6 Å². The average molecular weight is 421 g/mol. The molecule has 0 aliphatic heterocycles. The molecule has 0 spiro atoms. The van der Waals surface area contributed by atoms with Crippen LogP contribution in [0.1, 0.15) is 72.1 Å². The van der Waals surface area contributed by atoms with Crippen LogP contribution in [0.25, 0.3) is 0 Å². The lowest BCUT2D eigenvalue weighted by Crippen LogP contribution is -2.08. The largest absolute Gasteiger partial charge is 0.423 e. The number of benzene rings is 3. The first-order valence-corrected chi connectivity index (χ1v) is 11.1. The first-order valence-electron chi connectivity index (χ1n) is 11.1. The molecule has 0 unspecified atom stereocenters. The van der Waals surface area contributed by atoms with E-state index in [2.05, 4.69) is 30.6 Å². The first-order chi connectivity index (χ1) is 15.7. The lowest BCUT2D eigenvalue weighted by atomic mass is 10.0. The number of rotatable bonds is 7. The Balaban J connectivity index is 1.55. The van der Waals surface area contributed by atoms with Crippen LogP contribution < -0.4 is 4.74 Å². The summed E-state index contributed by atoms with van der Waals surface area (Å²) >= 11 is 0. The van der Waals surface area contributed by atoms with Crippen molar-refractivity contribution in [3.8, 4) is 29.4 Å². The summed E-state index contributed by atoms with van der Waals surface area (Å²) in [4.78, 5) is 12.4. The molecule has 2 nitrogen and oxygen atoms in total. The Bertz CT molecular complexity index is 1130. The smallest absolute Gasteiger partial charge is 0.343 e. The number of carbonyl (C=O) groups excluding carboxylic acids is 1. The number of esters is 1. The van der Waals surface area contributed by atoms with E-state index in [0.29, 0.717) is 11.3 Å².